The molecule has 114 valence electrons. The number of phenolic OH excluding ortho intramolecular Hbond substituents is 1. The largest absolute Gasteiger partial charge is 0.504 e. The molecule has 0 spiro atoms. The Hall–Kier alpha value is -2.95. The average Bonchev–Trinajstić information content (AvgIpc) is 2.48. The van der Waals surface area contributed by atoms with Gasteiger partial charge in [-0.15, -0.1) is 0 Å². The summed E-state index contributed by atoms with van der Waals surface area (Å²) >= 11 is 0. The van der Waals surface area contributed by atoms with Crippen molar-refractivity contribution < 1.29 is 14.6 Å². The molecule has 0 saturated carbocycles. The Morgan fingerprint density at radius 1 is 1.27 bits per heavy atom. The number of nitrogens with one attached hydrogen (secondary N) is 1. The highest BCUT2D eigenvalue weighted by molar-refractivity contribution is 6.03. The standard InChI is InChI=1S/C17H18N2O3/c1-11-3-6-14(13(18)9-11)19-17(21)8-5-12-4-7-16(22-2)15(20)10-12/h3-10,20H,18H2,1-2H3,(H,19,21)/b8-5+. The van der Waals surface area contributed by atoms with Crippen molar-refractivity contribution in [2.75, 3.05) is 18.2 Å². The van der Waals surface area contributed by atoms with Crippen LogP contribution in [0.5, 0.6) is 11.5 Å². The minimum atomic E-state index is -0.300. The normalized spacial score (nSPS) is 10.6. The van der Waals surface area contributed by atoms with Gasteiger partial charge in [-0.1, -0.05) is 12.1 Å². The molecule has 5 nitrogen and oxygen atoms in total. The number of carbonyl (C=O) groups is 1. The van der Waals surface area contributed by atoms with Gasteiger partial charge in [-0.2, -0.15) is 0 Å². The Balaban J connectivity index is 2.06. The molecule has 22 heavy (non-hydrogen) atoms. The maximum absolute atomic E-state index is 11.9. The Morgan fingerprint density at radius 3 is 2.68 bits per heavy atom. The Labute approximate surface area is 129 Å². The van der Waals surface area contributed by atoms with E-state index < -0.39 is 0 Å². The van der Waals surface area contributed by atoms with Gasteiger partial charge in [-0.05, 0) is 48.4 Å². The zero-order chi connectivity index (χ0) is 16.1. The molecule has 5 heteroatoms. The number of hydrogen-bond acceptors (Lipinski definition) is 4. The van der Waals surface area contributed by atoms with E-state index in [4.69, 9.17) is 10.5 Å². The van der Waals surface area contributed by atoms with E-state index in [0.717, 1.165) is 5.56 Å². The van der Waals surface area contributed by atoms with Gasteiger partial charge in [-0.25, -0.2) is 0 Å². The van der Waals surface area contributed by atoms with Crippen LogP contribution in [-0.4, -0.2) is 18.1 Å². The van der Waals surface area contributed by atoms with Gasteiger partial charge in [0, 0.05) is 6.08 Å². The van der Waals surface area contributed by atoms with E-state index in [9.17, 15) is 9.90 Å². The molecule has 4 N–H and O–H groups in total. The lowest BCUT2D eigenvalue weighted by atomic mass is 10.1. The van der Waals surface area contributed by atoms with Crippen molar-refractivity contribution in [1.29, 1.82) is 0 Å². The summed E-state index contributed by atoms with van der Waals surface area (Å²) in [5.74, 6) is 0.104. The molecular formula is C17H18N2O3. The van der Waals surface area contributed by atoms with Gasteiger partial charge in [0.25, 0.3) is 0 Å². The zero-order valence-electron chi connectivity index (χ0n) is 12.5. The van der Waals surface area contributed by atoms with E-state index in [0.29, 0.717) is 22.7 Å². The fraction of sp³-hybridized carbons (Fsp3) is 0.118. The number of anilines is 2. The van der Waals surface area contributed by atoms with Gasteiger partial charge in [0.2, 0.25) is 5.91 Å². The number of benzene rings is 2. The summed E-state index contributed by atoms with van der Waals surface area (Å²) in [7, 11) is 1.48. The molecule has 0 aliphatic rings. The molecule has 2 aromatic rings. The Kier molecular flexibility index (Phi) is 4.68. The number of carbonyl (C=O) groups excluding carboxylic acids is 1. The van der Waals surface area contributed by atoms with Crippen molar-refractivity contribution in [3.05, 3.63) is 53.6 Å². The van der Waals surface area contributed by atoms with Crippen molar-refractivity contribution >= 4 is 23.4 Å². The molecule has 0 radical (unpaired) electrons. The van der Waals surface area contributed by atoms with Crippen LogP contribution < -0.4 is 15.8 Å². The van der Waals surface area contributed by atoms with Crippen LogP contribution in [0, 0.1) is 6.92 Å². The van der Waals surface area contributed by atoms with Gasteiger partial charge < -0.3 is 20.9 Å². The molecule has 0 atom stereocenters. The summed E-state index contributed by atoms with van der Waals surface area (Å²) in [6.45, 7) is 1.93. The number of methoxy groups -OCH3 is 1. The summed E-state index contributed by atoms with van der Waals surface area (Å²) in [6.07, 6.45) is 2.97. The number of ether oxygens (including phenoxy) is 1. The molecule has 2 aromatic carbocycles. The maximum Gasteiger partial charge on any atom is 0.248 e. The van der Waals surface area contributed by atoms with Crippen LogP contribution in [0.25, 0.3) is 6.08 Å². The molecule has 0 fully saturated rings. The first kappa shape index (κ1) is 15.4. The van der Waals surface area contributed by atoms with Crippen LogP contribution in [0.2, 0.25) is 0 Å². The van der Waals surface area contributed by atoms with Gasteiger partial charge >= 0.3 is 0 Å². The first-order chi connectivity index (χ1) is 10.5. The van der Waals surface area contributed by atoms with Gasteiger partial charge in [0.15, 0.2) is 11.5 Å². The summed E-state index contributed by atoms with van der Waals surface area (Å²) in [5.41, 5.74) is 8.64. The van der Waals surface area contributed by atoms with E-state index in [1.807, 2.05) is 13.0 Å². The van der Waals surface area contributed by atoms with Crippen molar-refractivity contribution in [3.8, 4) is 11.5 Å². The van der Waals surface area contributed by atoms with E-state index in [1.165, 1.54) is 19.3 Å². The third-order valence-corrected chi connectivity index (χ3v) is 3.10. The minimum Gasteiger partial charge on any atom is -0.504 e. The smallest absolute Gasteiger partial charge is 0.248 e. The van der Waals surface area contributed by atoms with Crippen molar-refractivity contribution in [2.24, 2.45) is 0 Å². The number of rotatable bonds is 4. The summed E-state index contributed by atoms with van der Waals surface area (Å²) in [4.78, 5) is 11.9. The van der Waals surface area contributed by atoms with Crippen LogP contribution in [0.1, 0.15) is 11.1 Å². The second kappa shape index (κ2) is 6.67. The minimum absolute atomic E-state index is 0.0211. The second-order valence-electron chi connectivity index (χ2n) is 4.84. The van der Waals surface area contributed by atoms with Crippen LogP contribution in [0.4, 0.5) is 11.4 Å². The third kappa shape index (κ3) is 3.79. The van der Waals surface area contributed by atoms with E-state index in [1.54, 1.807) is 30.3 Å². The van der Waals surface area contributed by atoms with Gasteiger partial charge in [0.1, 0.15) is 0 Å². The lowest BCUT2D eigenvalue weighted by Gasteiger charge is -2.07. The highest BCUT2D eigenvalue weighted by atomic mass is 16.5. The first-order valence-corrected chi connectivity index (χ1v) is 6.72. The molecule has 1 amide bonds. The SMILES string of the molecule is COc1ccc(/C=C/C(=O)Nc2ccc(C)cc2N)cc1O. The van der Waals surface area contributed by atoms with Gasteiger partial charge in [-0.3, -0.25) is 4.79 Å². The number of nitrogen functional groups attached to an aromatic ring is 1. The summed E-state index contributed by atoms with van der Waals surface area (Å²) in [5, 5.41) is 12.4. The predicted octanol–water partition coefficient (Wildman–Crippen LogP) is 2.94. The number of aromatic hydroxyl groups is 1. The highest BCUT2D eigenvalue weighted by Gasteiger charge is 2.03. The van der Waals surface area contributed by atoms with Crippen LogP contribution in [0.15, 0.2) is 42.5 Å². The second-order valence-corrected chi connectivity index (χ2v) is 4.84. The van der Waals surface area contributed by atoms with Crippen LogP contribution in [0.3, 0.4) is 0 Å². The summed E-state index contributed by atoms with van der Waals surface area (Å²) in [6, 6.07) is 10.3. The summed E-state index contributed by atoms with van der Waals surface area (Å²) < 4.78 is 4.96. The van der Waals surface area contributed by atoms with Crippen molar-refractivity contribution in [3.63, 3.8) is 0 Å². The molecule has 0 aliphatic carbocycles. The quantitative estimate of drug-likeness (QED) is 0.598. The molecule has 2 rings (SSSR count). The van der Waals surface area contributed by atoms with Crippen LogP contribution in [-0.2, 0) is 4.79 Å². The third-order valence-electron chi connectivity index (χ3n) is 3.10. The Bertz CT molecular complexity index is 724. The number of amides is 1. The lowest BCUT2D eigenvalue weighted by Crippen LogP contribution is -2.09. The van der Waals surface area contributed by atoms with Crippen molar-refractivity contribution in [1.82, 2.24) is 0 Å². The monoisotopic (exact) mass is 298 g/mol. The lowest BCUT2D eigenvalue weighted by molar-refractivity contribution is -0.111. The van der Waals surface area contributed by atoms with E-state index in [-0.39, 0.29) is 11.7 Å². The van der Waals surface area contributed by atoms with Crippen LogP contribution >= 0.6 is 0 Å². The molecule has 0 saturated heterocycles. The molecule has 0 heterocycles. The van der Waals surface area contributed by atoms with E-state index in [2.05, 4.69) is 5.32 Å². The topological polar surface area (TPSA) is 84.6 Å². The highest BCUT2D eigenvalue weighted by Crippen LogP contribution is 2.26. The first-order valence-electron chi connectivity index (χ1n) is 6.72. The van der Waals surface area contributed by atoms with E-state index >= 15 is 0 Å². The molecular weight excluding hydrogens is 280 g/mol. The fourth-order valence-electron chi connectivity index (χ4n) is 1.95. The molecule has 0 aromatic heterocycles. The molecule has 0 bridgehead atoms. The number of nitrogens with two attached hydrogens (primary N) is 1. The Morgan fingerprint density at radius 2 is 2.05 bits per heavy atom. The number of hydrogen-bond donors (Lipinski definition) is 3. The number of aryl methyl sites for hydroxylation is 1. The number of phenols is 1. The molecule has 0 unspecified atom stereocenters. The van der Waals surface area contributed by atoms with Gasteiger partial charge in [0.05, 0.1) is 18.5 Å². The fourth-order valence-corrected chi connectivity index (χ4v) is 1.95. The molecule has 0 aliphatic heterocycles. The van der Waals surface area contributed by atoms with Crippen molar-refractivity contribution in [2.45, 2.75) is 6.92 Å². The predicted molar refractivity (Wildman–Crippen MR) is 87.9 cm³/mol. The zero-order valence-corrected chi connectivity index (χ0v) is 12.5. The average molecular weight is 298 g/mol. The maximum atomic E-state index is 11.9.